The Labute approximate surface area is 111 Å². The van der Waals surface area contributed by atoms with Crippen LogP contribution in [0.1, 0.15) is 5.56 Å². The van der Waals surface area contributed by atoms with Gasteiger partial charge in [0.15, 0.2) is 0 Å². The molecule has 3 nitrogen and oxygen atoms in total. The quantitative estimate of drug-likeness (QED) is 0.790. The minimum Gasteiger partial charge on any atom is -0.378 e. The summed E-state index contributed by atoms with van der Waals surface area (Å²) in [5, 5.41) is 1.83. The maximum absolute atomic E-state index is 6.45. The van der Waals surface area contributed by atoms with E-state index in [4.69, 9.17) is 21.3 Å². The van der Waals surface area contributed by atoms with Crippen molar-refractivity contribution in [3.8, 4) is 0 Å². The molecule has 1 aromatic carbocycles. The van der Waals surface area contributed by atoms with Gasteiger partial charge in [-0.25, -0.2) is 4.98 Å². The van der Waals surface area contributed by atoms with E-state index in [1.165, 1.54) is 0 Å². The third-order valence-electron chi connectivity index (χ3n) is 3.34. The smallest absolute Gasteiger partial charge is 0.133 e. The zero-order valence-corrected chi connectivity index (χ0v) is 11.1. The van der Waals surface area contributed by atoms with Crippen LogP contribution in [0.4, 0.5) is 5.82 Å². The zero-order chi connectivity index (χ0) is 12.5. The van der Waals surface area contributed by atoms with Crippen molar-refractivity contribution in [2.24, 2.45) is 0 Å². The topological polar surface area (TPSA) is 25.4 Å². The van der Waals surface area contributed by atoms with Gasteiger partial charge in [0.25, 0.3) is 0 Å². The molecule has 1 saturated heterocycles. The van der Waals surface area contributed by atoms with E-state index in [1.54, 1.807) is 0 Å². The molecule has 4 heteroatoms. The predicted octanol–water partition coefficient (Wildman–Crippen LogP) is 3.03. The van der Waals surface area contributed by atoms with E-state index < -0.39 is 0 Å². The van der Waals surface area contributed by atoms with E-state index >= 15 is 0 Å². The monoisotopic (exact) mass is 262 g/mol. The number of fused-ring (bicyclic) bond motifs is 1. The van der Waals surface area contributed by atoms with Crippen molar-refractivity contribution in [3.63, 3.8) is 0 Å². The molecule has 0 unspecified atom stereocenters. The first kappa shape index (κ1) is 11.8. The Hall–Kier alpha value is -1.32. The predicted molar refractivity (Wildman–Crippen MR) is 74.5 cm³/mol. The van der Waals surface area contributed by atoms with E-state index in [0.29, 0.717) is 0 Å². The Bertz CT molecular complexity index is 579. The highest BCUT2D eigenvalue weighted by atomic mass is 35.5. The lowest BCUT2D eigenvalue weighted by Gasteiger charge is -2.29. The standard InChI is InChI=1S/C14H15ClN2O/c1-10-13(15)11-4-2-3-5-12(11)16-14(10)17-6-8-18-9-7-17/h2-5H,6-9H2,1H3. The molecule has 0 spiro atoms. The van der Waals surface area contributed by atoms with Gasteiger partial charge in [0.1, 0.15) is 5.82 Å². The van der Waals surface area contributed by atoms with Crippen LogP contribution < -0.4 is 4.90 Å². The van der Waals surface area contributed by atoms with Gasteiger partial charge in [-0.05, 0) is 13.0 Å². The first-order chi connectivity index (χ1) is 8.77. The number of para-hydroxylation sites is 1. The van der Waals surface area contributed by atoms with Crippen LogP contribution in [0.3, 0.4) is 0 Å². The average Bonchev–Trinajstić information content (AvgIpc) is 2.44. The molecule has 18 heavy (non-hydrogen) atoms. The molecule has 0 aliphatic carbocycles. The molecule has 2 aromatic rings. The molecule has 0 atom stereocenters. The highest BCUT2D eigenvalue weighted by Crippen LogP contribution is 2.32. The first-order valence-electron chi connectivity index (χ1n) is 6.15. The highest BCUT2D eigenvalue weighted by molar-refractivity contribution is 6.36. The van der Waals surface area contributed by atoms with Gasteiger partial charge in [-0.15, -0.1) is 0 Å². The fourth-order valence-electron chi connectivity index (χ4n) is 2.34. The minimum absolute atomic E-state index is 0.756. The Morgan fingerprint density at radius 1 is 1.22 bits per heavy atom. The molecule has 3 rings (SSSR count). The normalized spacial score (nSPS) is 16.2. The summed E-state index contributed by atoms with van der Waals surface area (Å²) in [6.07, 6.45) is 0. The molecule has 0 radical (unpaired) electrons. The van der Waals surface area contributed by atoms with Crippen LogP contribution in [0.25, 0.3) is 10.9 Å². The number of nitrogens with zero attached hydrogens (tertiary/aromatic N) is 2. The molecular formula is C14H15ClN2O. The Kier molecular flexibility index (Phi) is 3.10. The molecular weight excluding hydrogens is 248 g/mol. The number of morpholine rings is 1. The second kappa shape index (κ2) is 4.75. The SMILES string of the molecule is Cc1c(N2CCOCC2)nc2ccccc2c1Cl. The molecule has 0 amide bonds. The van der Waals surface area contributed by atoms with E-state index in [1.807, 2.05) is 31.2 Å². The fraction of sp³-hybridized carbons (Fsp3) is 0.357. The van der Waals surface area contributed by atoms with Gasteiger partial charge in [-0.2, -0.15) is 0 Å². The number of rotatable bonds is 1. The largest absolute Gasteiger partial charge is 0.378 e. The lowest BCUT2D eigenvalue weighted by molar-refractivity contribution is 0.122. The number of hydrogen-bond donors (Lipinski definition) is 0. The highest BCUT2D eigenvalue weighted by Gasteiger charge is 2.17. The first-order valence-corrected chi connectivity index (χ1v) is 6.52. The van der Waals surface area contributed by atoms with Crippen LogP contribution in [-0.2, 0) is 4.74 Å². The number of benzene rings is 1. The Balaban J connectivity index is 2.14. The van der Waals surface area contributed by atoms with Crippen LogP contribution in [-0.4, -0.2) is 31.3 Å². The molecule has 2 heterocycles. The minimum atomic E-state index is 0.756. The molecule has 1 fully saturated rings. The van der Waals surface area contributed by atoms with E-state index in [2.05, 4.69) is 4.90 Å². The fourth-order valence-corrected chi connectivity index (χ4v) is 2.58. The number of anilines is 1. The third-order valence-corrected chi connectivity index (χ3v) is 3.83. The third kappa shape index (κ3) is 1.93. The van der Waals surface area contributed by atoms with E-state index in [0.717, 1.165) is 53.6 Å². The summed E-state index contributed by atoms with van der Waals surface area (Å²) < 4.78 is 5.38. The Morgan fingerprint density at radius 3 is 2.72 bits per heavy atom. The lowest BCUT2D eigenvalue weighted by Crippen LogP contribution is -2.37. The van der Waals surface area contributed by atoms with Crippen molar-refractivity contribution in [2.45, 2.75) is 6.92 Å². The summed E-state index contributed by atoms with van der Waals surface area (Å²) in [6.45, 7) is 5.30. The van der Waals surface area contributed by atoms with Crippen LogP contribution in [0.5, 0.6) is 0 Å². The summed E-state index contributed by atoms with van der Waals surface area (Å²) in [7, 11) is 0. The molecule has 0 saturated carbocycles. The van der Waals surface area contributed by atoms with Crippen molar-refractivity contribution in [1.82, 2.24) is 4.98 Å². The van der Waals surface area contributed by atoms with Crippen LogP contribution in [0.15, 0.2) is 24.3 Å². The van der Waals surface area contributed by atoms with Crippen molar-refractivity contribution in [3.05, 3.63) is 34.9 Å². The zero-order valence-electron chi connectivity index (χ0n) is 10.3. The maximum atomic E-state index is 6.45. The molecule has 0 bridgehead atoms. The number of ether oxygens (including phenoxy) is 1. The van der Waals surface area contributed by atoms with Gasteiger partial charge in [0.2, 0.25) is 0 Å². The van der Waals surface area contributed by atoms with Crippen molar-refractivity contribution in [1.29, 1.82) is 0 Å². The molecule has 1 aliphatic rings. The van der Waals surface area contributed by atoms with Crippen LogP contribution in [0.2, 0.25) is 5.02 Å². The maximum Gasteiger partial charge on any atom is 0.133 e. The average molecular weight is 263 g/mol. The number of hydrogen-bond acceptors (Lipinski definition) is 3. The molecule has 1 aliphatic heterocycles. The van der Waals surface area contributed by atoms with Gasteiger partial charge >= 0.3 is 0 Å². The number of pyridine rings is 1. The number of halogens is 1. The molecule has 94 valence electrons. The summed E-state index contributed by atoms with van der Waals surface area (Å²) >= 11 is 6.45. The van der Waals surface area contributed by atoms with Crippen molar-refractivity contribution >= 4 is 28.3 Å². The van der Waals surface area contributed by atoms with Crippen LogP contribution in [0, 0.1) is 6.92 Å². The lowest BCUT2D eigenvalue weighted by atomic mass is 10.1. The van der Waals surface area contributed by atoms with E-state index in [-0.39, 0.29) is 0 Å². The van der Waals surface area contributed by atoms with Gasteiger partial charge in [-0.1, -0.05) is 29.8 Å². The van der Waals surface area contributed by atoms with Gasteiger partial charge in [0, 0.05) is 24.0 Å². The second-order valence-corrected chi connectivity index (χ2v) is 4.87. The van der Waals surface area contributed by atoms with Crippen molar-refractivity contribution < 1.29 is 4.74 Å². The number of aromatic nitrogens is 1. The molecule has 1 aromatic heterocycles. The van der Waals surface area contributed by atoms with Crippen LogP contribution >= 0.6 is 11.6 Å². The van der Waals surface area contributed by atoms with E-state index in [9.17, 15) is 0 Å². The molecule has 0 N–H and O–H groups in total. The summed E-state index contributed by atoms with van der Waals surface area (Å²) in [4.78, 5) is 6.99. The summed E-state index contributed by atoms with van der Waals surface area (Å²) in [5.74, 6) is 0.988. The Morgan fingerprint density at radius 2 is 1.94 bits per heavy atom. The summed E-state index contributed by atoms with van der Waals surface area (Å²) in [6, 6.07) is 8.00. The van der Waals surface area contributed by atoms with Gasteiger partial charge in [-0.3, -0.25) is 0 Å². The van der Waals surface area contributed by atoms with Crippen molar-refractivity contribution in [2.75, 3.05) is 31.2 Å². The van der Waals surface area contributed by atoms with Gasteiger partial charge in [0.05, 0.1) is 23.8 Å². The van der Waals surface area contributed by atoms with Gasteiger partial charge < -0.3 is 9.64 Å². The summed E-state index contributed by atoms with van der Waals surface area (Å²) in [5.41, 5.74) is 2.01. The second-order valence-electron chi connectivity index (χ2n) is 4.49.